The zero-order valence-electron chi connectivity index (χ0n) is 10.1. The van der Waals surface area contributed by atoms with E-state index in [4.69, 9.17) is 10.00 Å². The number of rotatable bonds is 3. The van der Waals surface area contributed by atoms with Gasteiger partial charge in [-0.15, -0.1) is 0 Å². The van der Waals surface area contributed by atoms with Crippen LogP contribution in [0.15, 0.2) is 30.6 Å². The minimum absolute atomic E-state index is 0.298. The Labute approximate surface area is 105 Å². The fourth-order valence-electron chi connectivity index (χ4n) is 1.49. The number of aryl methyl sites for hydroxylation is 1. The number of hydrogen-bond donors (Lipinski definition) is 1. The molecule has 1 N–H and O–H groups in total. The number of benzene rings is 1. The van der Waals surface area contributed by atoms with Gasteiger partial charge >= 0.3 is 0 Å². The molecule has 90 valence electrons. The van der Waals surface area contributed by atoms with Crippen LogP contribution in [0.25, 0.3) is 0 Å². The molecular formula is C13H12N4O. The van der Waals surface area contributed by atoms with Gasteiger partial charge in [0.2, 0.25) is 0 Å². The van der Waals surface area contributed by atoms with Crippen LogP contribution in [0, 0.1) is 18.3 Å². The van der Waals surface area contributed by atoms with Crippen LogP contribution in [0.3, 0.4) is 0 Å². The lowest BCUT2D eigenvalue weighted by molar-refractivity contribution is 0.414. The fourth-order valence-corrected chi connectivity index (χ4v) is 1.49. The smallest absolute Gasteiger partial charge is 0.158 e. The number of ether oxygens (including phenoxy) is 1. The summed E-state index contributed by atoms with van der Waals surface area (Å²) in [5.74, 6) is 1.41. The van der Waals surface area contributed by atoms with Gasteiger partial charge in [-0.1, -0.05) is 0 Å². The van der Waals surface area contributed by atoms with E-state index in [2.05, 4.69) is 15.3 Å². The molecule has 0 fully saturated rings. The van der Waals surface area contributed by atoms with Crippen molar-refractivity contribution in [1.29, 1.82) is 5.26 Å². The van der Waals surface area contributed by atoms with E-state index >= 15 is 0 Å². The Morgan fingerprint density at radius 1 is 1.28 bits per heavy atom. The molecule has 1 aromatic carbocycles. The van der Waals surface area contributed by atoms with E-state index in [0.717, 1.165) is 17.0 Å². The van der Waals surface area contributed by atoms with E-state index < -0.39 is 0 Å². The summed E-state index contributed by atoms with van der Waals surface area (Å²) in [7, 11) is 1.63. The predicted molar refractivity (Wildman–Crippen MR) is 67.8 cm³/mol. The molecule has 0 aliphatic rings. The second kappa shape index (κ2) is 5.15. The molecule has 5 nitrogen and oxygen atoms in total. The molecular weight excluding hydrogens is 228 g/mol. The second-order valence-corrected chi connectivity index (χ2v) is 3.70. The Bertz CT molecular complexity index is 587. The van der Waals surface area contributed by atoms with Crippen molar-refractivity contribution < 1.29 is 4.74 Å². The summed E-state index contributed by atoms with van der Waals surface area (Å²) in [5, 5.41) is 11.8. The van der Waals surface area contributed by atoms with Gasteiger partial charge in [-0.05, 0) is 30.7 Å². The summed E-state index contributed by atoms with van der Waals surface area (Å²) in [4.78, 5) is 8.05. The summed E-state index contributed by atoms with van der Waals surface area (Å²) in [6.07, 6.45) is 2.96. The van der Waals surface area contributed by atoms with Gasteiger partial charge in [-0.25, -0.2) is 9.97 Å². The average Bonchev–Trinajstić information content (AvgIpc) is 2.42. The molecule has 0 amide bonds. The van der Waals surface area contributed by atoms with Crippen LogP contribution in [-0.2, 0) is 0 Å². The Morgan fingerprint density at radius 2 is 2.11 bits per heavy atom. The summed E-state index contributed by atoms with van der Waals surface area (Å²) in [5.41, 5.74) is 2.27. The highest BCUT2D eigenvalue weighted by Crippen LogP contribution is 2.23. The summed E-state index contributed by atoms with van der Waals surface area (Å²) in [6, 6.07) is 7.63. The highest BCUT2D eigenvalue weighted by molar-refractivity contribution is 5.61. The predicted octanol–water partition coefficient (Wildman–Crippen LogP) is 2.41. The monoisotopic (exact) mass is 240 g/mol. The SMILES string of the molecule is COc1ccc(Nc2cnc(C#N)cn2)c(C)c1. The van der Waals surface area contributed by atoms with Gasteiger partial charge in [0.25, 0.3) is 0 Å². The van der Waals surface area contributed by atoms with E-state index in [1.54, 1.807) is 7.11 Å². The van der Waals surface area contributed by atoms with Gasteiger partial charge in [0, 0.05) is 5.69 Å². The van der Waals surface area contributed by atoms with Crippen LogP contribution in [0.5, 0.6) is 5.75 Å². The van der Waals surface area contributed by atoms with Gasteiger partial charge < -0.3 is 10.1 Å². The van der Waals surface area contributed by atoms with Crippen molar-refractivity contribution in [3.63, 3.8) is 0 Å². The van der Waals surface area contributed by atoms with Gasteiger partial charge in [0.1, 0.15) is 17.6 Å². The Hall–Kier alpha value is -2.61. The lowest BCUT2D eigenvalue weighted by Crippen LogP contribution is -1.97. The molecule has 0 atom stereocenters. The maximum atomic E-state index is 8.63. The van der Waals surface area contributed by atoms with Crippen LogP contribution >= 0.6 is 0 Å². The van der Waals surface area contributed by atoms with Crippen molar-refractivity contribution in [2.24, 2.45) is 0 Å². The zero-order valence-corrected chi connectivity index (χ0v) is 10.1. The first-order valence-electron chi connectivity index (χ1n) is 5.36. The summed E-state index contributed by atoms with van der Waals surface area (Å²) >= 11 is 0. The van der Waals surface area contributed by atoms with Crippen molar-refractivity contribution in [3.05, 3.63) is 41.9 Å². The molecule has 0 saturated heterocycles. The molecule has 5 heteroatoms. The first-order valence-corrected chi connectivity index (χ1v) is 5.36. The molecule has 0 saturated carbocycles. The maximum Gasteiger partial charge on any atom is 0.158 e. The number of nitrogens with zero attached hydrogens (tertiary/aromatic N) is 3. The minimum Gasteiger partial charge on any atom is -0.497 e. The van der Waals surface area contributed by atoms with Crippen LogP contribution in [0.1, 0.15) is 11.3 Å². The number of nitriles is 1. The third-order valence-electron chi connectivity index (χ3n) is 2.46. The second-order valence-electron chi connectivity index (χ2n) is 3.70. The molecule has 0 radical (unpaired) electrons. The molecule has 0 bridgehead atoms. The fraction of sp³-hybridized carbons (Fsp3) is 0.154. The lowest BCUT2D eigenvalue weighted by atomic mass is 10.2. The van der Waals surface area contributed by atoms with Crippen LogP contribution in [0.2, 0.25) is 0 Å². The maximum absolute atomic E-state index is 8.63. The molecule has 0 unspecified atom stereocenters. The molecule has 2 rings (SSSR count). The first kappa shape index (κ1) is 11.9. The van der Waals surface area contributed by atoms with Crippen molar-refractivity contribution in [2.45, 2.75) is 6.92 Å². The molecule has 0 spiro atoms. The molecule has 0 aliphatic carbocycles. The number of aromatic nitrogens is 2. The summed E-state index contributed by atoms with van der Waals surface area (Å²) < 4.78 is 5.14. The standard InChI is InChI=1S/C13H12N4O/c1-9-5-11(18-2)3-4-12(9)17-13-8-15-10(6-14)7-16-13/h3-5,7-8H,1-2H3,(H,16,17). The lowest BCUT2D eigenvalue weighted by Gasteiger charge is -2.09. The Morgan fingerprint density at radius 3 is 2.67 bits per heavy atom. The first-order chi connectivity index (χ1) is 8.72. The van der Waals surface area contributed by atoms with E-state index in [0.29, 0.717) is 11.5 Å². The van der Waals surface area contributed by atoms with Crippen LogP contribution in [0.4, 0.5) is 11.5 Å². The van der Waals surface area contributed by atoms with Crippen LogP contribution < -0.4 is 10.1 Å². The van der Waals surface area contributed by atoms with Gasteiger partial charge in [0.15, 0.2) is 5.69 Å². The molecule has 2 aromatic rings. The highest BCUT2D eigenvalue weighted by Gasteiger charge is 2.02. The average molecular weight is 240 g/mol. The Balaban J connectivity index is 2.20. The van der Waals surface area contributed by atoms with E-state index in [1.165, 1.54) is 12.4 Å². The van der Waals surface area contributed by atoms with Gasteiger partial charge in [-0.3, -0.25) is 0 Å². The quantitative estimate of drug-likeness (QED) is 0.892. The third-order valence-corrected chi connectivity index (χ3v) is 2.46. The van der Waals surface area contributed by atoms with Crippen molar-refractivity contribution in [3.8, 4) is 11.8 Å². The number of hydrogen-bond acceptors (Lipinski definition) is 5. The highest BCUT2D eigenvalue weighted by atomic mass is 16.5. The molecule has 1 heterocycles. The third kappa shape index (κ3) is 2.55. The van der Waals surface area contributed by atoms with E-state index in [-0.39, 0.29) is 0 Å². The van der Waals surface area contributed by atoms with Gasteiger partial charge in [-0.2, -0.15) is 5.26 Å². The minimum atomic E-state index is 0.298. The van der Waals surface area contributed by atoms with E-state index in [1.807, 2.05) is 31.2 Å². The number of nitrogens with one attached hydrogen (secondary N) is 1. The zero-order chi connectivity index (χ0) is 13.0. The topological polar surface area (TPSA) is 70.8 Å². The van der Waals surface area contributed by atoms with Crippen molar-refractivity contribution in [2.75, 3.05) is 12.4 Å². The molecule has 1 aromatic heterocycles. The summed E-state index contributed by atoms with van der Waals surface area (Å²) in [6.45, 7) is 1.97. The molecule has 0 aliphatic heterocycles. The van der Waals surface area contributed by atoms with Crippen LogP contribution in [-0.4, -0.2) is 17.1 Å². The molecule has 18 heavy (non-hydrogen) atoms. The number of anilines is 2. The van der Waals surface area contributed by atoms with Crippen molar-refractivity contribution >= 4 is 11.5 Å². The van der Waals surface area contributed by atoms with E-state index in [9.17, 15) is 0 Å². The largest absolute Gasteiger partial charge is 0.497 e. The normalized spacial score (nSPS) is 9.61. The Kier molecular flexibility index (Phi) is 3.39. The van der Waals surface area contributed by atoms with Gasteiger partial charge in [0.05, 0.1) is 19.5 Å². The number of methoxy groups -OCH3 is 1. The van der Waals surface area contributed by atoms with Crippen molar-refractivity contribution in [1.82, 2.24) is 9.97 Å².